The minimum absolute atomic E-state index is 0.118. The number of rotatable bonds is 4. The maximum absolute atomic E-state index is 12.4. The van der Waals surface area contributed by atoms with Crippen molar-refractivity contribution in [3.63, 3.8) is 0 Å². The number of carboxylic acids is 1. The first-order valence-corrected chi connectivity index (χ1v) is 5.76. The molecule has 104 valence electrons. The van der Waals surface area contributed by atoms with E-state index >= 15 is 0 Å². The molecule has 5 nitrogen and oxygen atoms in total. The molecule has 0 radical (unpaired) electrons. The number of hydrogen-bond acceptors (Lipinski definition) is 4. The van der Waals surface area contributed by atoms with E-state index in [1.807, 2.05) is 0 Å². The van der Waals surface area contributed by atoms with Crippen LogP contribution in [-0.4, -0.2) is 21.2 Å². The molecule has 0 aliphatic carbocycles. The zero-order valence-electron chi connectivity index (χ0n) is 9.47. The summed E-state index contributed by atoms with van der Waals surface area (Å²) in [5, 5.41) is 18.4. The van der Waals surface area contributed by atoms with Gasteiger partial charge in [0.1, 0.15) is 5.25 Å². The maximum Gasteiger partial charge on any atom is 0.416 e. The van der Waals surface area contributed by atoms with Gasteiger partial charge in [0.25, 0.3) is 5.69 Å². The van der Waals surface area contributed by atoms with E-state index in [1.165, 1.54) is 6.92 Å². The zero-order chi connectivity index (χ0) is 14.8. The van der Waals surface area contributed by atoms with Gasteiger partial charge in [0.05, 0.1) is 15.4 Å². The highest BCUT2D eigenvalue weighted by atomic mass is 32.2. The molecule has 0 aromatic heterocycles. The Morgan fingerprint density at radius 2 is 2.05 bits per heavy atom. The Bertz CT molecular complexity index is 518. The zero-order valence-corrected chi connectivity index (χ0v) is 10.3. The Kier molecular flexibility index (Phi) is 4.40. The van der Waals surface area contributed by atoms with Crippen molar-refractivity contribution in [3.05, 3.63) is 33.9 Å². The number of alkyl halides is 3. The highest BCUT2D eigenvalue weighted by Crippen LogP contribution is 2.37. The number of aliphatic carboxylic acids is 1. The van der Waals surface area contributed by atoms with Gasteiger partial charge in [-0.15, -0.1) is 11.8 Å². The van der Waals surface area contributed by atoms with E-state index in [2.05, 4.69) is 0 Å². The predicted octanol–water partition coefficient (Wildman–Crippen LogP) is 3.18. The van der Waals surface area contributed by atoms with E-state index in [-0.39, 0.29) is 4.90 Å². The average Bonchev–Trinajstić information content (AvgIpc) is 2.27. The summed E-state index contributed by atoms with van der Waals surface area (Å²) in [7, 11) is 0. The normalized spacial score (nSPS) is 13.1. The quantitative estimate of drug-likeness (QED) is 0.524. The first-order valence-electron chi connectivity index (χ1n) is 4.88. The fourth-order valence-electron chi connectivity index (χ4n) is 1.18. The number of nitro groups is 1. The van der Waals surface area contributed by atoms with E-state index < -0.39 is 33.6 Å². The molecule has 0 aliphatic rings. The highest BCUT2D eigenvalue weighted by Gasteiger charge is 2.33. The van der Waals surface area contributed by atoms with Crippen LogP contribution in [0.1, 0.15) is 12.5 Å². The highest BCUT2D eigenvalue weighted by molar-refractivity contribution is 8.00. The fourth-order valence-corrected chi connectivity index (χ4v) is 2.06. The van der Waals surface area contributed by atoms with Crippen LogP contribution in [-0.2, 0) is 11.0 Å². The SMILES string of the molecule is C[C@@H](Sc1ccc(C(F)(F)F)cc1[N+](=O)[O-])C(=O)O. The number of nitro benzene ring substituents is 1. The lowest BCUT2D eigenvalue weighted by atomic mass is 10.2. The molecule has 0 fully saturated rings. The van der Waals surface area contributed by atoms with Crippen molar-refractivity contribution < 1.29 is 28.0 Å². The van der Waals surface area contributed by atoms with Crippen LogP contribution in [0.15, 0.2) is 23.1 Å². The van der Waals surface area contributed by atoms with Crippen LogP contribution in [0.5, 0.6) is 0 Å². The molecule has 1 rings (SSSR count). The van der Waals surface area contributed by atoms with E-state index in [0.717, 1.165) is 6.07 Å². The van der Waals surface area contributed by atoms with E-state index in [0.29, 0.717) is 23.9 Å². The van der Waals surface area contributed by atoms with Gasteiger partial charge in [0.15, 0.2) is 0 Å². The van der Waals surface area contributed by atoms with Gasteiger partial charge < -0.3 is 5.11 Å². The topological polar surface area (TPSA) is 80.4 Å². The number of hydrogen-bond donors (Lipinski definition) is 1. The number of carboxylic acid groups (broad SMARTS) is 1. The number of carbonyl (C=O) groups is 1. The molecule has 1 aromatic carbocycles. The molecular weight excluding hydrogens is 287 g/mol. The summed E-state index contributed by atoms with van der Waals surface area (Å²) in [4.78, 5) is 20.3. The smallest absolute Gasteiger partial charge is 0.416 e. The van der Waals surface area contributed by atoms with Gasteiger partial charge in [-0.1, -0.05) is 0 Å². The van der Waals surface area contributed by atoms with E-state index in [1.54, 1.807) is 0 Å². The molecule has 1 aromatic rings. The number of halogens is 3. The lowest BCUT2D eigenvalue weighted by Gasteiger charge is -2.10. The van der Waals surface area contributed by atoms with Gasteiger partial charge in [-0.2, -0.15) is 13.2 Å². The number of thioether (sulfide) groups is 1. The summed E-state index contributed by atoms with van der Waals surface area (Å²) in [5.74, 6) is -1.21. The molecule has 0 bridgehead atoms. The summed E-state index contributed by atoms with van der Waals surface area (Å²) in [6, 6.07) is 1.99. The van der Waals surface area contributed by atoms with Crippen LogP contribution < -0.4 is 0 Å². The molecule has 0 aliphatic heterocycles. The molecule has 1 N–H and O–H groups in total. The molecule has 19 heavy (non-hydrogen) atoms. The summed E-state index contributed by atoms with van der Waals surface area (Å²) in [6.07, 6.45) is -4.69. The number of nitrogens with zero attached hydrogens (tertiary/aromatic N) is 1. The minimum Gasteiger partial charge on any atom is -0.480 e. The van der Waals surface area contributed by atoms with Crippen LogP contribution >= 0.6 is 11.8 Å². The molecule has 9 heteroatoms. The summed E-state index contributed by atoms with van der Waals surface area (Å²) < 4.78 is 37.3. The van der Waals surface area contributed by atoms with Crippen molar-refractivity contribution in [1.29, 1.82) is 0 Å². The average molecular weight is 295 g/mol. The Labute approximate surface area is 109 Å². The minimum atomic E-state index is -4.69. The molecule has 0 amide bonds. The lowest BCUT2D eigenvalue weighted by molar-refractivity contribution is -0.388. The molecule has 0 spiro atoms. The molecule has 0 saturated heterocycles. The monoisotopic (exact) mass is 295 g/mol. The van der Waals surface area contributed by atoms with Gasteiger partial charge in [0, 0.05) is 6.07 Å². The van der Waals surface area contributed by atoms with E-state index in [9.17, 15) is 28.1 Å². The summed E-state index contributed by atoms with van der Waals surface area (Å²) in [5.41, 5.74) is -1.90. The first kappa shape index (κ1) is 15.3. The second-order valence-electron chi connectivity index (χ2n) is 3.54. The van der Waals surface area contributed by atoms with Gasteiger partial charge in [0.2, 0.25) is 0 Å². The Morgan fingerprint density at radius 3 is 2.47 bits per heavy atom. The molecule has 0 saturated carbocycles. The van der Waals surface area contributed by atoms with Crippen molar-refractivity contribution >= 4 is 23.4 Å². The molecule has 0 heterocycles. The lowest BCUT2D eigenvalue weighted by Crippen LogP contribution is -2.12. The van der Waals surface area contributed by atoms with Crippen molar-refractivity contribution in [2.45, 2.75) is 23.2 Å². The summed E-state index contributed by atoms with van der Waals surface area (Å²) in [6.45, 7) is 1.29. The van der Waals surface area contributed by atoms with Crippen LogP contribution in [0.2, 0.25) is 0 Å². The Hall–Kier alpha value is -1.77. The van der Waals surface area contributed by atoms with Gasteiger partial charge >= 0.3 is 12.1 Å². The summed E-state index contributed by atoms with van der Waals surface area (Å²) >= 11 is 0.617. The largest absolute Gasteiger partial charge is 0.480 e. The van der Waals surface area contributed by atoms with Crippen molar-refractivity contribution in [2.75, 3.05) is 0 Å². The van der Waals surface area contributed by atoms with Crippen molar-refractivity contribution in [2.24, 2.45) is 0 Å². The third-order valence-corrected chi connectivity index (χ3v) is 3.29. The van der Waals surface area contributed by atoms with Gasteiger partial charge in [-0.3, -0.25) is 14.9 Å². The third-order valence-electron chi connectivity index (χ3n) is 2.13. The number of benzene rings is 1. The van der Waals surface area contributed by atoms with Crippen LogP contribution in [0.25, 0.3) is 0 Å². The second kappa shape index (κ2) is 5.47. The Morgan fingerprint density at radius 1 is 1.47 bits per heavy atom. The van der Waals surface area contributed by atoms with Crippen LogP contribution in [0.4, 0.5) is 18.9 Å². The predicted molar refractivity (Wildman–Crippen MR) is 61.1 cm³/mol. The van der Waals surface area contributed by atoms with Crippen molar-refractivity contribution in [3.8, 4) is 0 Å². The standard InChI is InChI=1S/C10H8F3NO4S/c1-5(9(15)16)19-8-3-2-6(10(11,12)13)4-7(8)14(17)18/h2-5H,1H3,(H,15,16)/t5-/m1/s1. The van der Waals surface area contributed by atoms with Gasteiger partial charge in [-0.05, 0) is 19.1 Å². The Balaban J connectivity index is 3.19. The van der Waals surface area contributed by atoms with Crippen LogP contribution in [0, 0.1) is 10.1 Å². The third kappa shape index (κ3) is 3.85. The first-order chi connectivity index (χ1) is 8.62. The second-order valence-corrected chi connectivity index (χ2v) is 4.92. The van der Waals surface area contributed by atoms with Crippen molar-refractivity contribution in [1.82, 2.24) is 0 Å². The van der Waals surface area contributed by atoms with Gasteiger partial charge in [-0.25, -0.2) is 0 Å². The van der Waals surface area contributed by atoms with Crippen LogP contribution in [0.3, 0.4) is 0 Å². The fraction of sp³-hybridized carbons (Fsp3) is 0.300. The van der Waals surface area contributed by atoms with E-state index in [4.69, 9.17) is 5.11 Å². The molecular formula is C10H8F3NO4S. The maximum atomic E-state index is 12.4. The molecule has 1 atom stereocenters. The molecule has 0 unspecified atom stereocenters.